The van der Waals surface area contributed by atoms with Gasteiger partial charge in [0.25, 0.3) is 11.8 Å². The second kappa shape index (κ2) is 39.2. The highest BCUT2D eigenvalue weighted by Gasteiger charge is 2.43. The van der Waals surface area contributed by atoms with Gasteiger partial charge >= 0.3 is 0 Å². The van der Waals surface area contributed by atoms with Crippen molar-refractivity contribution < 1.29 is 62.6 Å². The zero-order chi connectivity index (χ0) is 71.7. The Morgan fingerprint density at radius 1 is 0.474 bits per heavy atom. The number of hydrogen-bond acceptors (Lipinski definition) is 13. The van der Waals surface area contributed by atoms with E-state index in [0.717, 1.165) is 32.2 Å². The fourth-order valence-electron chi connectivity index (χ4n) is 11.4. The van der Waals surface area contributed by atoms with Crippen LogP contribution in [-0.4, -0.2) is 239 Å². The van der Waals surface area contributed by atoms with Gasteiger partial charge in [0.15, 0.2) is 6.04 Å². The molecule has 12 amide bonds. The Balaban J connectivity index is 1.91. The van der Waals surface area contributed by atoms with Crippen LogP contribution in [0.5, 0.6) is 0 Å². The molecule has 3 unspecified atom stereocenters. The Bertz CT molecular complexity index is 2890. The summed E-state index contributed by atoms with van der Waals surface area (Å²) in [6.45, 7) is 21.1. The van der Waals surface area contributed by atoms with E-state index in [-0.39, 0.29) is 81.2 Å². The molecule has 25 heteroatoms. The quantitative estimate of drug-likeness (QED) is 0.0535. The molecule has 530 valence electrons. The maximum atomic E-state index is 14.9. The minimum atomic E-state index is -1.89. The molecule has 1 aliphatic rings. The Hall–Kier alpha value is -7.96. The van der Waals surface area contributed by atoms with Crippen molar-refractivity contribution in [3.05, 3.63) is 71.8 Å². The van der Waals surface area contributed by atoms with Crippen molar-refractivity contribution in [2.24, 2.45) is 23.7 Å². The number of likely N-dealkylation sites (N-methyl/N-ethyl adjacent to an activating group) is 7. The van der Waals surface area contributed by atoms with Crippen LogP contribution in [0.1, 0.15) is 146 Å². The number of likely N-dealkylation sites (tertiary alicyclic amines) is 1. The van der Waals surface area contributed by atoms with E-state index in [1.165, 1.54) is 75.7 Å². The van der Waals surface area contributed by atoms with Crippen molar-refractivity contribution in [2.75, 3.05) is 68.5 Å². The number of benzene rings is 2. The van der Waals surface area contributed by atoms with Gasteiger partial charge in [-0.3, -0.25) is 57.5 Å². The fraction of sp³-hybridized carbons (Fsp3) is 0.657. The Morgan fingerprint density at radius 3 is 1.45 bits per heavy atom. The lowest BCUT2D eigenvalue weighted by atomic mass is 9.97. The van der Waals surface area contributed by atoms with Gasteiger partial charge in [-0.25, -0.2) is 0 Å². The van der Waals surface area contributed by atoms with Crippen LogP contribution in [-0.2, 0) is 70.4 Å². The monoisotopic (exact) mass is 1330 g/mol. The number of hydrogen-bond donors (Lipinski definition) is 6. The summed E-state index contributed by atoms with van der Waals surface area (Å²) in [4.78, 5) is 180. The summed E-state index contributed by atoms with van der Waals surface area (Å²) in [5.41, 5.74) is 1.69. The molecule has 25 nitrogen and oxygen atoms in total. The van der Waals surface area contributed by atoms with Crippen LogP contribution < -0.4 is 26.6 Å². The zero-order valence-corrected chi connectivity index (χ0v) is 59.7. The molecule has 0 radical (unpaired) electrons. The van der Waals surface area contributed by atoms with Crippen molar-refractivity contribution in [1.29, 1.82) is 0 Å². The van der Waals surface area contributed by atoms with Crippen molar-refractivity contribution in [2.45, 2.75) is 208 Å². The fourth-order valence-corrected chi connectivity index (χ4v) is 11.4. The maximum absolute atomic E-state index is 14.9. The Kier molecular flexibility index (Phi) is 33.5. The first-order chi connectivity index (χ1) is 44.5. The average Bonchev–Trinajstić information content (AvgIpc) is 0.865. The first kappa shape index (κ1) is 81.3. The molecule has 95 heavy (non-hydrogen) atoms. The molecule has 0 spiro atoms. The lowest BCUT2D eigenvalue weighted by Gasteiger charge is -2.37. The number of aliphatic hydroxyl groups is 1. The van der Waals surface area contributed by atoms with Gasteiger partial charge in [-0.2, -0.15) is 0 Å². The van der Waals surface area contributed by atoms with E-state index < -0.39 is 132 Å². The molecule has 0 saturated carbocycles. The van der Waals surface area contributed by atoms with Crippen LogP contribution in [0, 0.1) is 23.7 Å². The molecule has 1 fully saturated rings. The molecular weight excluding hydrogens is 1220 g/mol. The SMILES string of the molecule is CCNC(=O)[C@H](C)NC(=O)[C@H](Cc1ccccc1)N(C)C(=O)[C@H](CC(C)C)N(C)C(=O)[C@H](CC(C)C)NC(=O)C(C)N(C)C(=O)C(NC(=O)[C@H](CC(C)C)N(C)C(=O)CN(C)C(=O)[C@@H](NC(=O)[C@H](CC(C)C)N(C)C(=O)CCc1ccccc1)C(C)O)C(=O)N1CCCCC1. The highest BCUT2D eigenvalue weighted by molar-refractivity contribution is 6.09. The van der Waals surface area contributed by atoms with Crippen molar-refractivity contribution >= 4 is 70.9 Å². The minimum absolute atomic E-state index is 0.0299. The summed E-state index contributed by atoms with van der Waals surface area (Å²) in [7, 11) is 8.38. The van der Waals surface area contributed by atoms with Gasteiger partial charge in [-0.1, -0.05) is 116 Å². The van der Waals surface area contributed by atoms with Gasteiger partial charge in [0, 0.05) is 74.8 Å². The molecule has 2 aromatic rings. The number of carbonyl (C=O) groups is 12. The summed E-state index contributed by atoms with van der Waals surface area (Å²) < 4.78 is 0. The Labute approximate surface area is 563 Å². The van der Waals surface area contributed by atoms with Crippen LogP contribution in [0.25, 0.3) is 0 Å². The van der Waals surface area contributed by atoms with Crippen LogP contribution in [0.4, 0.5) is 0 Å². The van der Waals surface area contributed by atoms with Crippen LogP contribution in [0.15, 0.2) is 60.7 Å². The van der Waals surface area contributed by atoms with E-state index >= 15 is 0 Å². The largest absolute Gasteiger partial charge is 0.391 e. The van der Waals surface area contributed by atoms with Crippen LogP contribution in [0.2, 0.25) is 0 Å². The third-order valence-electron chi connectivity index (χ3n) is 17.3. The highest BCUT2D eigenvalue weighted by Crippen LogP contribution is 2.22. The van der Waals surface area contributed by atoms with Crippen molar-refractivity contribution in [1.82, 2.24) is 60.9 Å². The van der Waals surface area contributed by atoms with E-state index in [9.17, 15) is 62.6 Å². The lowest BCUT2D eigenvalue weighted by molar-refractivity contribution is -0.152. The number of nitrogens with zero attached hydrogens (tertiary/aromatic N) is 7. The molecule has 0 aliphatic carbocycles. The number of aryl methyl sites for hydroxylation is 1. The van der Waals surface area contributed by atoms with Crippen molar-refractivity contribution in [3.63, 3.8) is 0 Å². The lowest BCUT2D eigenvalue weighted by Crippen LogP contribution is -2.63. The van der Waals surface area contributed by atoms with Gasteiger partial charge in [0.05, 0.1) is 12.6 Å². The normalized spacial score (nSPS) is 15.5. The van der Waals surface area contributed by atoms with E-state index in [1.54, 1.807) is 39.8 Å². The molecule has 2 aromatic carbocycles. The van der Waals surface area contributed by atoms with E-state index in [2.05, 4.69) is 26.6 Å². The Morgan fingerprint density at radius 2 is 0.947 bits per heavy atom. The van der Waals surface area contributed by atoms with Gasteiger partial charge < -0.3 is 66.0 Å². The smallest absolute Gasteiger partial charge is 0.255 e. The van der Waals surface area contributed by atoms with E-state index in [1.807, 2.05) is 90.1 Å². The van der Waals surface area contributed by atoms with Gasteiger partial charge in [0.1, 0.15) is 48.3 Å². The number of aliphatic hydroxyl groups excluding tert-OH is 1. The van der Waals surface area contributed by atoms with E-state index in [0.29, 0.717) is 25.8 Å². The standard InChI is InChI=1S/C70H112N12O13/c1-19-71-61(86)47(10)72-63(88)55(41-51-31-25-21-26-32-51)80(17)67(92)56(40-46(8)9)81(18)66(91)52(37-43(2)3)73-62(87)48(11)77(14)69(94)60(70(95)82-35-27-22-28-36-82)75-65(90)54(39-45(6)7)79(16)58(85)42-76(13)68(93)59(49(12)83)74-64(89)53(38-44(4)5)78(15)57(84)34-33-50-29-23-20-24-30-50/h20-21,23-26,29-32,43-49,52-56,59-60,83H,19,22,27-28,33-42H2,1-18H3,(H,71,86)(H,72,88)(H,73,87)(H,74,89)(H,75,90)/t47-,48?,49?,52-,53-,54-,55-,56-,59-,60?/m0/s1. The predicted molar refractivity (Wildman–Crippen MR) is 363 cm³/mol. The average molecular weight is 1330 g/mol. The minimum Gasteiger partial charge on any atom is -0.391 e. The van der Waals surface area contributed by atoms with Crippen molar-refractivity contribution in [3.8, 4) is 0 Å². The highest BCUT2D eigenvalue weighted by atomic mass is 16.3. The first-order valence-electron chi connectivity index (χ1n) is 33.6. The topological polar surface area (TPSA) is 308 Å². The number of amides is 12. The third kappa shape index (κ3) is 25.0. The molecule has 1 heterocycles. The first-order valence-corrected chi connectivity index (χ1v) is 33.6. The predicted octanol–water partition coefficient (Wildman–Crippen LogP) is 3.15. The summed E-state index contributed by atoms with van der Waals surface area (Å²) in [6.07, 6.45) is 1.82. The molecule has 0 bridgehead atoms. The summed E-state index contributed by atoms with van der Waals surface area (Å²) in [5, 5.41) is 24.5. The number of nitrogens with one attached hydrogen (secondary N) is 5. The van der Waals surface area contributed by atoms with Crippen LogP contribution >= 0.6 is 0 Å². The molecule has 1 saturated heterocycles. The number of carbonyl (C=O) groups excluding carboxylic acids is 12. The summed E-state index contributed by atoms with van der Waals surface area (Å²) in [5.74, 6) is -8.72. The van der Waals surface area contributed by atoms with Gasteiger partial charge in [-0.05, 0) is 114 Å². The molecule has 6 N–H and O–H groups in total. The zero-order valence-electron chi connectivity index (χ0n) is 59.7. The van der Waals surface area contributed by atoms with Gasteiger partial charge in [0.2, 0.25) is 59.1 Å². The molecule has 10 atom stereocenters. The second-order valence-corrected chi connectivity index (χ2v) is 27.2. The van der Waals surface area contributed by atoms with E-state index in [4.69, 9.17) is 0 Å². The number of piperidine rings is 1. The second-order valence-electron chi connectivity index (χ2n) is 27.2. The molecule has 3 rings (SSSR count). The summed E-state index contributed by atoms with van der Waals surface area (Å²) in [6, 6.07) is 6.95. The maximum Gasteiger partial charge on any atom is 0.255 e. The molecule has 0 aromatic heterocycles. The van der Waals surface area contributed by atoms with Gasteiger partial charge in [-0.15, -0.1) is 0 Å². The molecular formula is C70H112N12O13. The molecule has 1 aliphatic heterocycles. The third-order valence-corrected chi connectivity index (χ3v) is 17.3. The summed E-state index contributed by atoms with van der Waals surface area (Å²) >= 11 is 0. The number of rotatable bonds is 36. The van der Waals surface area contributed by atoms with Crippen LogP contribution in [0.3, 0.4) is 0 Å².